The Hall–Kier alpha value is -1.22. The summed E-state index contributed by atoms with van der Waals surface area (Å²) in [5.41, 5.74) is 6.64. The number of Topliss-reactive ketones (excluding diaryl/α,β-unsaturated/α-hetero) is 1. The van der Waals surface area contributed by atoms with Crippen LogP contribution >= 0.6 is 0 Å². The van der Waals surface area contributed by atoms with Crippen LogP contribution in [0.2, 0.25) is 0 Å². The molecule has 0 saturated carbocycles. The second-order valence-electron chi connectivity index (χ2n) is 2.80. The maximum Gasteiger partial charge on any atom is 0.131 e. The van der Waals surface area contributed by atoms with E-state index in [1.165, 1.54) is 6.92 Å². The molecule has 64 valence electrons. The third-order valence-electron chi connectivity index (χ3n) is 1.62. The van der Waals surface area contributed by atoms with Gasteiger partial charge < -0.3 is 5.73 Å². The van der Waals surface area contributed by atoms with E-state index >= 15 is 0 Å². The molecule has 0 amide bonds. The Kier molecular flexibility index (Phi) is 2.94. The molecule has 12 heavy (non-hydrogen) atoms. The smallest absolute Gasteiger partial charge is 0.131 e. The fourth-order valence-corrected chi connectivity index (χ4v) is 1.02. The zero-order valence-electron chi connectivity index (χ0n) is 7.03. The third-order valence-corrected chi connectivity index (χ3v) is 1.62. The van der Waals surface area contributed by atoms with Crippen molar-refractivity contribution in [2.45, 2.75) is 19.4 Å². The molecule has 1 rings (SSSR count). The van der Waals surface area contributed by atoms with Crippen LogP contribution in [0.3, 0.4) is 0 Å². The van der Waals surface area contributed by atoms with Crippen LogP contribution in [0.5, 0.6) is 0 Å². The number of carbonyl (C=O) groups is 1. The van der Waals surface area contributed by atoms with Gasteiger partial charge in [0.1, 0.15) is 5.78 Å². The van der Waals surface area contributed by atoms with Crippen molar-refractivity contribution in [1.82, 2.24) is 4.98 Å². The molecule has 0 aliphatic carbocycles. The van der Waals surface area contributed by atoms with Crippen molar-refractivity contribution in [3.05, 3.63) is 30.1 Å². The second-order valence-corrected chi connectivity index (χ2v) is 2.80. The lowest BCUT2D eigenvalue weighted by Crippen LogP contribution is -2.13. The first kappa shape index (κ1) is 8.87. The van der Waals surface area contributed by atoms with Crippen molar-refractivity contribution in [1.29, 1.82) is 0 Å². The molecular formula is C9H12N2O. The number of nitrogens with two attached hydrogens (primary N) is 1. The summed E-state index contributed by atoms with van der Waals surface area (Å²) in [6, 6.07) is 3.48. The topological polar surface area (TPSA) is 56.0 Å². The van der Waals surface area contributed by atoms with Crippen LogP contribution in [0, 0.1) is 0 Å². The summed E-state index contributed by atoms with van der Waals surface area (Å²) >= 11 is 0. The van der Waals surface area contributed by atoms with Gasteiger partial charge in [0.05, 0.1) is 0 Å². The Bertz CT molecular complexity index is 258. The number of rotatable bonds is 3. The quantitative estimate of drug-likeness (QED) is 0.726. The van der Waals surface area contributed by atoms with Crippen molar-refractivity contribution < 1.29 is 4.79 Å². The molecule has 0 aliphatic rings. The maximum absolute atomic E-state index is 10.7. The molecule has 0 radical (unpaired) electrons. The Morgan fingerprint density at radius 2 is 2.50 bits per heavy atom. The first-order valence-electron chi connectivity index (χ1n) is 3.85. The van der Waals surface area contributed by atoms with Crippen molar-refractivity contribution >= 4 is 5.78 Å². The minimum Gasteiger partial charge on any atom is -0.324 e. The zero-order valence-corrected chi connectivity index (χ0v) is 7.03. The number of hydrogen-bond donors (Lipinski definition) is 1. The standard InChI is InChI=1S/C9H12N2O/c1-7(12)5-9(10)8-3-2-4-11-6-8/h2-4,6,9H,5,10H2,1H3. The van der Waals surface area contributed by atoms with Gasteiger partial charge >= 0.3 is 0 Å². The summed E-state index contributed by atoms with van der Waals surface area (Å²) < 4.78 is 0. The summed E-state index contributed by atoms with van der Waals surface area (Å²) in [7, 11) is 0. The largest absolute Gasteiger partial charge is 0.324 e. The average Bonchev–Trinajstić information content (AvgIpc) is 2.05. The number of hydrogen-bond acceptors (Lipinski definition) is 3. The van der Waals surface area contributed by atoms with Crippen LogP contribution < -0.4 is 5.73 Å². The molecule has 1 aromatic rings. The van der Waals surface area contributed by atoms with Crippen LogP contribution in [-0.2, 0) is 4.79 Å². The highest BCUT2D eigenvalue weighted by molar-refractivity contribution is 5.76. The molecule has 1 unspecified atom stereocenters. The summed E-state index contributed by atoms with van der Waals surface area (Å²) in [4.78, 5) is 14.6. The lowest BCUT2D eigenvalue weighted by Gasteiger charge is -2.07. The second kappa shape index (κ2) is 3.97. The molecule has 3 nitrogen and oxygen atoms in total. The molecule has 0 bridgehead atoms. The third kappa shape index (κ3) is 2.43. The van der Waals surface area contributed by atoms with E-state index in [0.29, 0.717) is 6.42 Å². The molecule has 0 spiro atoms. The van der Waals surface area contributed by atoms with Crippen LogP contribution in [0.1, 0.15) is 24.9 Å². The van der Waals surface area contributed by atoms with Gasteiger partial charge in [-0.2, -0.15) is 0 Å². The van der Waals surface area contributed by atoms with Gasteiger partial charge in [0.25, 0.3) is 0 Å². The summed E-state index contributed by atoms with van der Waals surface area (Å²) in [5, 5.41) is 0. The van der Waals surface area contributed by atoms with Gasteiger partial charge in [0.2, 0.25) is 0 Å². The number of carbonyl (C=O) groups excluding carboxylic acids is 1. The van der Waals surface area contributed by atoms with Crippen molar-refractivity contribution in [3.8, 4) is 0 Å². The number of nitrogens with zero attached hydrogens (tertiary/aromatic N) is 1. The molecule has 0 saturated heterocycles. The number of pyridine rings is 1. The summed E-state index contributed by atoms with van der Waals surface area (Å²) in [6.07, 6.45) is 3.75. The SMILES string of the molecule is CC(=O)CC(N)c1cccnc1. The summed E-state index contributed by atoms with van der Waals surface area (Å²) in [6.45, 7) is 1.54. The van der Waals surface area contributed by atoms with Gasteiger partial charge in [-0.1, -0.05) is 6.07 Å². The molecule has 1 heterocycles. The normalized spacial score (nSPS) is 12.5. The van der Waals surface area contributed by atoms with Crippen LogP contribution in [0.4, 0.5) is 0 Å². The van der Waals surface area contributed by atoms with E-state index < -0.39 is 0 Å². The molecule has 2 N–H and O–H groups in total. The van der Waals surface area contributed by atoms with Crippen molar-refractivity contribution in [2.24, 2.45) is 5.73 Å². The molecule has 0 fully saturated rings. The first-order chi connectivity index (χ1) is 5.70. The minimum absolute atomic E-state index is 0.103. The van der Waals surface area contributed by atoms with E-state index in [1.807, 2.05) is 12.1 Å². The lowest BCUT2D eigenvalue weighted by molar-refractivity contribution is -0.117. The van der Waals surface area contributed by atoms with Gasteiger partial charge in [-0.25, -0.2) is 0 Å². The van der Waals surface area contributed by atoms with Gasteiger partial charge in [0, 0.05) is 24.9 Å². The monoisotopic (exact) mass is 164 g/mol. The van der Waals surface area contributed by atoms with E-state index in [-0.39, 0.29) is 11.8 Å². The minimum atomic E-state index is -0.212. The number of ketones is 1. The van der Waals surface area contributed by atoms with Crippen LogP contribution in [0.15, 0.2) is 24.5 Å². The molecule has 1 aromatic heterocycles. The van der Waals surface area contributed by atoms with E-state index in [0.717, 1.165) is 5.56 Å². The fourth-order valence-electron chi connectivity index (χ4n) is 1.02. The van der Waals surface area contributed by atoms with E-state index in [1.54, 1.807) is 12.4 Å². The predicted molar refractivity (Wildman–Crippen MR) is 46.5 cm³/mol. The fraction of sp³-hybridized carbons (Fsp3) is 0.333. The van der Waals surface area contributed by atoms with Gasteiger partial charge in [-0.05, 0) is 18.6 Å². The Morgan fingerprint density at radius 3 is 3.00 bits per heavy atom. The van der Waals surface area contributed by atoms with Crippen LogP contribution in [-0.4, -0.2) is 10.8 Å². The number of aromatic nitrogens is 1. The Morgan fingerprint density at radius 1 is 1.75 bits per heavy atom. The zero-order chi connectivity index (χ0) is 8.97. The molecule has 3 heteroatoms. The van der Waals surface area contributed by atoms with Gasteiger partial charge in [0.15, 0.2) is 0 Å². The van der Waals surface area contributed by atoms with Crippen LogP contribution in [0.25, 0.3) is 0 Å². The Labute approximate surface area is 71.6 Å². The van der Waals surface area contributed by atoms with Gasteiger partial charge in [-0.3, -0.25) is 9.78 Å². The maximum atomic E-state index is 10.7. The summed E-state index contributed by atoms with van der Waals surface area (Å²) in [5.74, 6) is 0.103. The Balaban J connectivity index is 2.65. The molecule has 1 atom stereocenters. The lowest BCUT2D eigenvalue weighted by atomic mass is 10.1. The highest BCUT2D eigenvalue weighted by Gasteiger charge is 2.07. The van der Waals surface area contributed by atoms with E-state index in [2.05, 4.69) is 4.98 Å². The molecule has 0 aliphatic heterocycles. The first-order valence-corrected chi connectivity index (χ1v) is 3.85. The highest BCUT2D eigenvalue weighted by atomic mass is 16.1. The van der Waals surface area contributed by atoms with E-state index in [9.17, 15) is 4.79 Å². The van der Waals surface area contributed by atoms with E-state index in [4.69, 9.17) is 5.73 Å². The predicted octanol–water partition coefficient (Wildman–Crippen LogP) is 1.06. The van der Waals surface area contributed by atoms with Crippen molar-refractivity contribution in [2.75, 3.05) is 0 Å². The average molecular weight is 164 g/mol. The van der Waals surface area contributed by atoms with Crippen molar-refractivity contribution in [3.63, 3.8) is 0 Å². The molecular weight excluding hydrogens is 152 g/mol. The highest BCUT2D eigenvalue weighted by Crippen LogP contribution is 2.11. The molecule has 0 aromatic carbocycles. The van der Waals surface area contributed by atoms with Gasteiger partial charge in [-0.15, -0.1) is 0 Å².